The van der Waals surface area contributed by atoms with Gasteiger partial charge >= 0.3 is 0 Å². The Labute approximate surface area is 167 Å². The quantitative estimate of drug-likeness (QED) is 0.272. The van der Waals surface area contributed by atoms with Gasteiger partial charge in [-0.05, 0) is 63.2 Å². The van der Waals surface area contributed by atoms with Gasteiger partial charge in [-0.15, -0.1) is 0 Å². The zero-order chi connectivity index (χ0) is 18.6. The maximum atomic E-state index is 5.94. The third-order valence-corrected chi connectivity index (χ3v) is 8.27. The Balaban J connectivity index is 0.739. The summed E-state index contributed by atoms with van der Waals surface area (Å²) < 4.78 is 34.9. The van der Waals surface area contributed by atoms with E-state index in [1.807, 2.05) is 0 Å². The molecule has 28 heavy (non-hydrogen) atoms. The van der Waals surface area contributed by atoms with Crippen LogP contribution in [0.15, 0.2) is 0 Å². The fraction of sp³-hybridized carbons (Fsp3) is 1.00. The number of hydrogen-bond acceptors (Lipinski definition) is 6. The first-order valence-electron chi connectivity index (χ1n) is 11.6. The summed E-state index contributed by atoms with van der Waals surface area (Å²) in [6, 6.07) is 0. The van der Waals surface area contributed by atoms with Gasteiger partial charge in [0.1, 0.15) is 24.8 Å². The topological polar surface area (TPSA) is 62.0 Å². The van der Waals surface area contributed by atoms with Crippen molar-refractivity contribution in [1.29, 1.82) is 0 Å². The highest BCUT2D eigenvalue weighted by atomic mass is 16.7. The fourth-order valence-corrected chi connectivity index (χ4v) is 6.59. The van der Waals surface area contributed by atoms with E-state index in [1.54, 1.807) is 0 Å². The first-order valence-corrected chi connectivity index (χ1v) is 11.6. The Bertz CT molecular complexity index is 535. The standard InChI is InChI=1S/C22H34O6/c1(3-9-23-13-25-19-15-5-7-17-21(19,11-15)27-17)2-4-10-24-14-26-20-16-6-8-18-22(20,12-16)28-18/h15-20H,1-14H2. The molecule has 2 heterocycles. The van der Waals surface area contributed by atoms with Gasteiger partial charge in [0.25, 0.3) is 0 Å². The minimum atomic E-state index is 0.112. The van der Waals surface area contributed by atoms with Gasteiger partial charge in [0, 0.05) is 13.2 Å². The molecule has 0 N–H and O–H groups in total. The van der Waals surface area contributed by atoms with Crippen molar-refractivity contribution in [2.75, 3.05) is 26.8 Å². The molecule has 0 aromatic rings. The molecule has 158 valence electrons. The molecular formula is C22H34O6. The molecule has 4 saturated carbocycles. The fourth-order valence-electron chi connectivity index (χ4n) is 6.59. The summed E-state index contributed by atoms with van der Waals surface area (Å²) >= 11 is 0. The van der Waals surface area contributed by atoms with Crippen LogP contribution in [0.2, 0.25) is 0 Å². The van der Waals surface area contributed by atoms with Crippen molar-refractivity contribution < 1.29 is 28.4 Å². The lowest BCUT2D eigenvalue weighted by molar-refractivity contribution is -0.177. The first-order chi connectivity index (χ1) is 13.8. The highest BCUT2D eigenvalue weighted by molar-refractivity contribution is 5.23. The molecule has 6 heteroatoms. The molecule has 0 radical (unpaired) electrons. The van der Waals surface area contributed by atoms with E-state index in [-0.39, 0.29) is 11.2 Å². The van der Waals surface area contributed by atoms with Crippen molar-refractivity contribution in [2.45, 2.75) is 99.8 Å². The van der Waals surface area contributed by atoms with E-state index in [1.165, 1.54) is 51.4 Å². The predicted molar refractivity (Wildman–Crippen MR) is 99.7 cm³/mol. The summed E-state index contributed by atoms with van der Waals surface area (Å²) in [5.41, 5.74) is 0.223. The molecule has 8 atom stereocenters. The lowest BCUT2D eigenvalue weighted by Crippen LogP contribution is -2.55. The number of rotatable bonds is 13. The van der Waals surface area contributed by atoms with E-state index in [9.17, 15) is 0 Å². The predicted octanol–water partition coefficient (Wildman–Crippen LogP) is 3.17. The summed E-state index contributed by atoms with van der Waals surface area (Å²) in [6.45, 7) is 2.41. The lowest BCUT2D eigenvalue weighted by Gasteiger charge is -2.46. The molecular weight excluding hydrogens is 360 g/mol. The number of ether oxygens (including phenoxy) is 6. The van der Waals surface area contributed by atoms with Crippen molar-refractivity contribution in [3.63, 3.8) is 0 Å². The second kappa shape index (κ2) is 7.17. The van der Waals surface area contributed by atoms with Gasteiger partial charge in [-0.2, -0.15) is 0 Å². The van der Waals surface area contributed by atoms with Gasteiger partial charge in [0.05, 0.1) is 24.4 Å². The van der Waals surface area contributed by atoms with Crippen molar-refractivity contribution in [1.82, 2.24) is 0 Å². The smallest absolute Gasteiger partial charge is 0.147 e. The van der Waals surface area contributed by atoms with Crippen LogP contribution in [0.25, 0.3) is 0 Å². The summed E-state index contributed by atoms with van der Waals surface area (Å²) in [7, 11) is 0. The third-order valence-electron chi connectivity index (χ3n) is 8.27. The monoisotopic (exact) mass is 394 g/mol. The summed E-state index contributed by atoms with van der Waals surface area (Å²) in [4.78, 5) is 0. The van der Waals surface area contributed by atoms with Crippen LogP contribution in [-0.4, -0.2) is 62.4 Å². The molecule has 6 rings (SSSR count). The molecule has 4 bridgehead atoms. The van der Waals surface area contributed by atoms with Crippen molar-refractivity contribution >= 4 is 0 Å². The number of unbranched alkanes of at least 4 members (excludes halogenated alkanes) is 3. The van der Waals surface area contributed by atoms with Crippen molar-refractivity contribution in [3.8, 4) is 0 Å². The highest BCUT2D eigenvalue weighted by Crippen LogP contribution is 2.64. The van der Waals surface area contributed by atoms with Crippen LogP contribution in [0.4, 0.5) is 0 Å². The zero-order valence-electron chi connectivity index (χ0n) is 16.8. The molecule has 0 amide bonds. The Kier molecular flexibility index (Phi) is 4.74. The van der Waals surface area contributed by atoms with Gasteiger partial charge in [-0.1, -0.05) is 12.8 Å². The van der Waals surface area contributed by atoms with Gasteiger partial charge < -0.3 is 28.4 Å². The van der Waals surface area contributed by atoms with Gasteiger partial charge in [0.2, 0.25) is 0 Å². The van der Waals surface area contributed by atoms with Gasteiger partial charge in [-0.25, -0.2) is 0 Å². The third kappa shape index (κ3) is 2.98. The number of fused-ring (bicyclic) bond motifs is 2. The van der Waals surface area contributed by atoms with Crippen LogP contribution < -0.4 is 0 Å². The Morgan fingerprint density at radius 3 is 1.61 bits per heavy atom. The maximum Gasteiger partial charge on any atom is 0.147 e. The van der Waals surface area contributed by atoms with E-state index in [0.717, 1.165) is 26.1 Å². The molecule has 0 aromatic carbocycles. The van der Waals surface area contributed by atoms with Gasteiger partial charge in [0.15, 0.2) is 0 Å². The second-order valence-corrected chi connectivity index (χ2v) is 9.85. The largest absolute Gasteiger partial charge is 0.363 e. The van der Waals surface area contributed by atoms with Crippen LogP contribution in [0.1, 0.15) is 64.2 Å². The Morgan fingerprint density at radius 2 is 1.14 bits per heavy atom. The van der Waals surface area contributed by atoms with E-state index in [4.69, 9.17) is 28.4 Å². The number of epoxide rings is 2. The van der Waals surface area contributed by atoms with Crippen LogP contribution in [0, 0.1) is 11.8 Å². The molecule has 8 unspecified atom stereocenters. The minimum absolute atomic E-state index is 0.112. The second-order valence-electron chi connectivity index (χ2n) is 9.85. The normalized spacial score (nSPS) is 48.9. The van der Waals surface area contributed by atoms with Crippen LogP contribution >= 0.6 is 0 Å². The van der Waals surface area contributed by atoms with E-state index >= 15 is 0 Å². The van der Waals surface area contributed by atoms with Crippen LogP contribution in [-0.2, 0) is 28.4 Å². The average molecular weight is 395 g/mol. The molecule has 6 aliphatic rings. The molecule has 2 saturated heterocycles. The molecule has 6 fully saturated rings. The van der Waals surface area contributed by atoms with E-state index in [0.29, 0.717) is 49.8 Å². The van der Waals surface area contributed by atoms with Crippen molar-refractivity contribution in [3.05, 3.63) is 0 Å². The lowest BCUT2D eigenvalue weighted by atomic mass is 9.62. The van der Waals surface area contributed by atoms with Crippen molar-refractivity contribution in [2.24, 2.45) is 11.8 Å². The molecule has 4 aliphatic carbocycles. The number of hydrogen-bond donors (Lipinski definition) is 0. The Morgan fingerprint density at radius 1 is 0.643 bits per heavy atom. The maximum absolute atomic E-state index is 5.94. The molecule has 2 aliphatic heterocycles. The average Bonchev–Trinajstić information content (AvgIpc) is 3.59. The van der Waals surface area contributed by atoms with Crippen LogP contribution in [0.3, 0.4) is 0 Å². The van der Waals surface area contributed by atoms with E-state index in [2.05, 4.69) is 0 Å². The molecule has 6 nitrogen and oxygen atoms in total. The van der Waals surface area contributed by atoms with Gasteiger partial charge in [-0.3, -0.25) is 0 Å². The summed E-state index contributed by atoms with van der Waals surface area (Å²) in [5.74, 6) is 1.43. The summed E-state index contributed by atoms with van der Waals surface area (Å²) in [5, 5.41) is 0. The minimum Gasteiger partial charge on any atom is -0.363 e. The molecule has 0 aromatic heterocycles. The summed E-state index contributed by atoms with van der Waals surface area (Å²) in [6.07, 6.45) is 13.5. The highest BCUT2D eigenvalue weighted by Gasteiger charge is 2.74. The zero-order valence-corrected chi connectivity index (χ0v) is 16.8. The van der Waals surface area contributed by atoms with E-state index < -0.39 is 0 Å². The first kappa shape index (κ1) is 18.5. The Hall–Kier alpha value is -0.240. The van der Waals surface area contributed by atoms with Crippen LogP contribution in [0.5, 0.6) is 0 Å². The SMILES string of the molecule is C(CCCOCOC1C2CCC3OC31C2)CCOCOC1C2CCC3OC31C2. The molecule has 2 spiro atoms.